The molecule has 76 valence electrons. The van der Waals surface area contributed by atoms with Gasteiger partial charge in [0.15, 0.2) is 0 Å². The molecule has 0 aliphatic rings. The highest BCUT2D eigenvalue weighted by Crippen LogP contribution is 2.22. The fourth-order valence-electron chi connectivity index (χ4n) is 1.39. The third kappa shape index (κ3) is 2.88. The van der Waals surface area contributed by atoms with E-state index in [1.165, 1.54) is 21.2 Å². The molecule has 0 saturated heterocycles. The quantitative estimate of drug-likeness (QED) is 0.867. The molecule has 0 fully saturated rings. The molecule has 14 heavy (non-hydrogen) atoms. The lowest BCUT2D eigenvalue weighted by Crippen LogP contribution is -2.09. The van der Waals surface area contributed by atoms with Gasteiger partial charge in [-0.15, -0.1) is 0 Å². The molecule has 0 atom stereocenters. The molecule has 1 rings (SSSR count). The number of hydrogen-bond donors (Lipinski definition) is 1. The molecule has 0 bridgehead atoms. The summed E-state index contributed by atoms with van der Waals surface area (Å²) in [5.41, 5.74) is 4.86. The average Bonchev–Trinajstić information content (AvgIpc) is 2.10. The number of rotatable bonds is 3. The second-order valence-corrected chi connectivity index (χ2v) is 4.47. The van der Waals surface area contributed by atoms with E-state index in [-0.39, 0.29) is 0 Å². The summed E-state index contributed by atoms with van der Waals surface area (Å²) in [6, 6.07) is 4.38. The summed E-state index contributed by atoms with van der Waals surface area (Å²) >= 11 is 3.56. The van der Waals surface area contributed by atoms with Crippen molar-refractivity contribution in [3.63, 3.8) is 0 Å². The summed E-state index contributed by atoms with van der Waals surface area (Å²) in [5.74, 6) is 0. The Morgan fingerprint density at radius 2 is 1.86 bits per heavy atom. The predicted octanol–water partition coefficient (Wildman–Crippen LogP) is 3.69. The average molecular weight is 254 g/mol. The Bertz CT molecular complexity index is 332. The van der Waals surface area contributed by atoms with Gasteiger partial charge in [0.25, 0.3) is 0 Å². The third-order valence-corrected chi connectivity index (χ3v) is 3.34. The SMILES string of the molecule is C=C(C)NCc1cc(C)c(Br)c(C)c1. The van der Waals surface area contributed by atoms with Crippen molar-refractivity contribution in [2.45, 2.75) is 27.3 Å². The Balaban J connectivity index is 2.84. The van der Waals surface area contributed by atoms with Crippen LogP contribution in [0, 0.1) is 13.8 Å². The van der Waals surface area contributed by atoms with E-state index in [1.54, 1.807) is 0 Å². The third-order valence-electron chi connectivity index (χ3n) is 2.09. The van der Waals surface area contributed by atoms with Crippen LogP contribution in [0.4, 0.5) is 0 Å². The van der Waals surface area contributed by atoms with E-state index in [0.717, 1.165) is 12.2 Å². The molecule has 1 aromatic carbocycles. The van der Waals surface area contributed by atoms with Gasteiger partial charge in [0, 0.05) is 16.7 Å². The van der Waals surface area contributed by atoms with E-state index in [2.05, 4.69) is 53.8 Å². The minimum atomic E-state index is 0.851. The standard InChI is InChI=1S/C12H16BrN/c1-8(2)14-7-11-5-9(3)12(13)10(4)6-11/h5-6,14H,1,7H2,2-4H3. The van der Waals surface area contributed by atoms with Crippen LogP contribution >= 0.6 is 15.9 Å². The van der Waals surface area contributed by atoms with E-state index in [0.29, 0.717) is 0 Å². The van der Waals surface area contributed by atoms with Crippen LogP contribution in [0.15, 0.2) is 28.9 Å². The lowest BCUT2D eigenvalue weighted by atomic mass is 10.1. The Labute approximate surface area is 94.3 Å². The molecule has 0 unspecified atom stereocenters. The highest BCUT2D eigenvalue weighted by molar-refractivity contribution is 9.10. The second kappa shape index (κ2) is 4.65. The molecule has 0 radical (unpaired) electrons. The van der Waals surface area contributed by atoms with Crippen molar-refractivity contribution in [1.82, 2.24) is 5.32 Å². The summed E-state index contributed by atoms with van der Waals surface area (Å²) < 4.78 is 1.21. The topological polar surface area (TPSA) is 12.0 Å². The highest BCUT2D eigenvalue weighted by Gasteiger charge is 2.01. The zero-order valence-electron chi connectivity index (χ0n) is 8.95. The van der Waals surface area contributed by atoms with E-state index >= 15 is 0 Å². The molecule has 0 aliphatic heterocycles. The molecule has 0 aliphatic carbocycles. The van der Waals surface area contributed by atoms with Crippen LogP contribution in [0.1, 0.15) is 23.6 Å². The summed E-state index contributed by atoms with van der Waals surface area (Å²) in [5, 5.41) is 3.23. The number of halogens is 1. The van der Waals surface area contributed by atoms with Crippen LogP contribution in [0.3, 0.4) is 0 Å². The molecule has 1 N–H and O–H groups in total. The maximum atomic E-state index is 3.81. The molecular weight excluding hydrogens is 238 g/mol. The van der Waals surface area contributed by atoms with E-state index in [4.69, 9.17) is 0 Å². The van der Waals surface area contributed by atoms with E-state index in [9.17, 15) is 0 Å². The monoisotopic (exact) mass is 253 g/mol. The van der Waals surface area contributed by atoms with Gasteiger partial charge in [-0.2, -0.15) is 0 Å². The molecule has 0 spiro atoms. The van der Waals surface area contributed by atoms with Crippen LogP contribution < -0.4 is 5.32 Å². The van der Waals surface area contributed by atoms with Crippen LogP contribution in [-0.4, -0.2) is 0 Å². The summed E-state index contributed by atoms with van der Waals surface area (Å²) in [6.07, 6.45) is 0. The number of hydrogen-bond acceptors (Lipinski definition) is 1. The van der Waals surface area contributed by atoms with E-state index < -0.39 is 0 Å². The summed E-state index contributed by atoms with van der Waals surface area (Å²) in [4.78, 5) is 0. The van der Waals surface area contributed by atoms with Crippen molar-refractivity contribution in [3.8, 4) is 0 Å². The first-order valence-corrected chi connectivity index (χ1v) is 5.45. The second-order valence-electron chi connectivity index (χ2n) is 3.68. The van der Waals surface area contributed by atoms with Crippen molar-refractivity contribution in [2.24, 2.45) is 0 Å². The molecule has 0 aromatic heterocycles. The van der Waals surface area contributed by atoms with Crippen LogP contribution in [0.2, 0.25) is 0 Å². The van der Waals surface area contributed by atoms with Gasteiger partial charge in [-0.05, 0) is 37.5 Å². The van der Waals surface area contributed by atoms with Crippen LogP contribution in [0.25, 0.3) is 0 Å². The molecule has 0 saturated carbocycles. The number of benzene rings is 1. The molecule has 0 amide bonds. The van der Waals surface area contributed by atoms with Gasteiger partial charge in [0.1, 0.15) is 0 Å². The summed E-state index contributed by atoms with van der Waals surface area (Å²) in [6.45, 7) is 10.9. The van der Waals surface area contributed by atoms with Gasteiger partial charge in [-0.1, -0.05) is 34.6 Å². The molecule has 1 aromatic rings. The smallest absolute Gasteiger partial charge is 0.0397 e. The highest BCUT2D eigenvalue weighted by atomic mass is 79.9. The normalized spacial score (nSPS) is 10.0. The Hall–Kier alpha value is -0.760. The molecule has 0 heterocycles. The van der Waals surface area contributed by atoms with Gasteiger partial charge in [-0.25, -0.2) is 0 Å². The first kappa shape index (κ1) is 11.3. The first-order valence-electron chi connectivity index (χ1n) is 4.65. The largest absolute Gasteiger partial charge is 0.385 e. The Morgan fingerprint density at radius 3 is 2.29 bits per heavy atom. The van der Waals surface area contributed by atoms with Crippen molar-refractivity contribution in [3.05, 3.63) is 45.6 Å². The first-order chi connectivity index (χ1) is 6.50. The van der Waals surface area contributed by atoms with E-state index in [1.807, 2.05) is 6.92 Å². The van der Waals surface area contributed by atoms with Crippen molar-refractivity contribution < 1.29 is 0 Å². The van der Waals surface area contributed by atoms with Crippen molar-refractivity contribution in [1.29, 1.82) is 0 Å². The fourth-order valence-corrected chi connectivity index (χ4v) is 1.62. The van der Waals surface area contributed by atoms with Gasteiger partial charge in [-0.3, -0.25) is 0 Å². The number of allylic oxidation sites excluding steroid dienone is 1. The van der Waals surface area contributed by atoms with Gasteiger partial charge < -0.3 is 5.32 Å². The molecular formula is C12H16BrN. The lowest BCUT2D eigenvalue weighted by Gasteiger charge is -2.09. The van der Waals surface area contributed by atoms with Crippen LogP contribution in [-0.2, 0) is 6.54 Å². The molecule has 1 nitrogen and oxygen atoms in total. The maximum Gasteiger partial charge on any atom is 0.0397 e. The Morgan fingerprint density at radius 1 is 1.36 bits per heavy atom. The minimum absolute atomic E-state index is 0.851. The fraction of sp³-hybridized carbons (Fsp3) is 0.333. The summed E-state index contributed by atoms with van der Waals surface area (Å²) in [7, 11) is 0. The van der Waals surface area contributed by atoms with Gasteiger partial charge in [0.05, 0.1) is 0 Å². The minimum Gasteiger partial charge on any atom is -0.385 e. The van der Waals surface area contributed by atoms with Crippen molar-refractivity contribution >= 4 is 15.9 Å². The Kier molecular flexibility index (Phi) is 3.76. The predicted molar refractivity (Wildman–Crippen MR) is 65.3 cm³/mol. The van der Waals surface area contributed by atoms with Gasteiger partial charge >= 0.3 is 0 Å². The number of nitrogens with one attached hydrogen (secondary N) is 1. The van der Waals surface area contributed by atoms with Crippen molar-refractivity contribution in [2.75, 3.05) is 0 Å². The zero-order chi connectivity index (χ0) is 10.7. The molecule has 2 heteroatoms. The lowest BCUT2D eigenvalue weighted by molar-refractivity contribution is 0.813. The van der Waals surface area contributed by atoms with Gasteiger partial charge in [0.2, 0.25) is 0 Å². The maximum absolute atomic E-state index is 3.81. The number of aryl methyl sites for hydroxylation is 2. The van der Waals surface area contributed by atoms with Crippen LogP contribution in [0.5, 0.6) is 0 Å². The zero-order valence-corrected chi connectivity index (χ0v) is 10.5.